The summed E-state index contributed by atoms with van der Waals surface area (Å²) in [4.78, 5) is 7.61. The van der Waals surface area contributed by atoms with Gasteiger partial charge in [0.1, 0.15) is 11.6 Å². The smallest absolute Gasteiger partial charge is 0.231 e. The summed E-state index contributed by atoms with van der Waals surface area (Å²) < 4.78 is 21.2. The molecular weight excluding hydrogens is 407 g/mol. The van der Waals surface area contributed by atoms with Gasteiger partial charge in [-0.05, 0) is 55.5 Å². The highest BCUT2D eigenvalue weighted by atomic mass is 19.1. The molecule has 5 rings (SSSR count). The number of ether oxygens (including phenoxy) is 1. The van der Waals surface area contributed by atoms with Gasteiger partial charge in [0.2, 0.25) is 11.8 Å². The third-order valence-corrected chi connectivity index (χ3v) is 4.84. The maximum atomic E-state index is 13.3. The third kappa shape index (κ3) is 3.93. The van der Waals surface area contributed by atoms with Gasteiger partial charge in [0.25, 0.3) is 0 Å². The fourth-order valence-corrected chi connectivity index (χ4v) is 3.29. The summed E-state index contributed by atoms with van der Waals surface area (Å²) in [6.45, 7) is 1.87. The van der Waals surface area contributed by atoms with Crippen molar-refractivity contribution < 1.29 is 9.13 Å². The second-order valence-corrected chi connectivity index (χ2v) is 7.08. The highest BCUT2D eigenvalue weighted by Crippen LogP contribution is 2.29. The number of aryl methyl sites for hydroxylation is 1. The molecule has 2 aromatic heterocycles. The van der Waals surface area contributed by atoms with E-state index in [-0.39, 0.29) is 5.82 Å². The Bertz CT molecular complexity index is 1360. The lowest BCUT2D eigenvalue weighted by atomic mass is 10.2. The first-order chi connectivity index (χ1) is 15.7. The maximum absolute atomic E-state index is 13.3. The number of aromatic amines is 1. The Hall–Kier alpha value is -4.46. The van der Waals surface area contributed by atoms with Crippen molar-refractivity contribution in [3.8, 4) is 17.3 Å². The molecule has 0 fully saturated rings. The number of halogens is 1. The summed E-state index contributed by atoms with van der Waals surface area (Å²) in [5.41, 5.74) is 6.92. The minimum absolute atomic E-state index is 0.332. The van der Waals surface area contributed by atoms with Gasteiger partial charge in [-0.3, -0.25) is 0 Å². The van der Waals surface area contributed by atoms with Crippen molar-refractivity contribution in [1.29, 1.82) is 0 Å². The predicted molar refractivity (Wildman–Crippen MR) is 122 cm³/mol. The van der Waals surface area contributed by atoms with Gasteiger partial charge in [0.05, 0.1) is 34.2 Å². The standard InChI is InChI=1S/C24H19FN6O/c1-16-20(15-26-29-24-27-21-9-5-6-10-22(21)28-24)23(32-19-13-11-17(25)12-14-19)31(30-16)18-7-3-2-4-8-18/h2-15H,1H3,(H2,27,28,29). The van der Waals surface area contributed by atoms with Crippen LogP contribution in [0.5, 0.6) is 11.6 Å². The van der Waals surface area contributed by atoms with E-state index in [0.29, 0.717) is 23.1 Å². The van der Waals surface area contributed by atoms with Crippen molar-refractivity contribution in [2.24, 2.45) is 5.10 Å². The lowest BCUT2D eigenvalue weighted by molar-refractivity contribution is 0.442. The number of imidazole rings is 1. The summed E-state index contributed by atoms with van der Waals surface area (Å²) in [6, 6.07) is 23.2. The predicted octanol–water partition coefficient (Wildman–Crippen LogP) is 5.43. The van der Waals surface area contributed by atoms with Gasteiger partial charge in [-0.25, -0.2) is 14.8 Å². The van der Waals surface area contributed by atoms with E-state index in [0.717, 1.165) is 22.4 Å². The molecule has 3 aromatic carbocycles. The summed E-state index contributed by atoms with van der Waals surface area (Å²) in [5.74, 6) is 1.15. The molecular formula is C24H19FN6O. The van der Waals surface area contributed by atoms with Crippen molar-refractivity contribution in [2.45, 2.75) is 6.92 Å². The zero-order valence-corrected chi connectivity index (χ0v) is 17.2. The number of H-pyrrole nitrogens is 1. The van der Waals surface area contributed by atoms with Crippen LogP contribution in [-0.2, 0) is 0 Å². The average molecular weight is 426 g/mol. The molecule has 158 valence electrons. The van der Waals surface area contributed by atoms with Crippen LogP contribution in [0.25, 0.3) is 16.7 Å². The molecule has 0 bridgehead atoms. The van der Waals surface area contributed by atoms with E-state index in [4.69, 9.17) is 4.74 Å². The van der Waals surface area contributed by atoms with Gasteiger partial charge in [-0.1, -0.05) is 30.3 Å². The van der Waals surface area contributed by atoms with E-state index in [2.05, 4.69) is 25.6 Å². The van der Waals surface area contributed by atoms with Crippen LogP contribution < -0.4 is 10.2 Å². The van der Waals surface area contributed by atoms with Crippen LogP contribution in [0, 0.1) is 12.7 Å². The number of nitrogens with one attached hydrogen (secondary N) is 2. The Labute approximate surface area is 183 Å². The van der Waals surface area contributed by atoms with Gasteiger partial charge in [0.15, 0.2) is 0 Å². The third-order valence-electron chi connectivity index (χ3n) is 4.84. The van der Waals surface area contributed by atoms with Gasteiger partial charge in [-0.2, -0.15) is 14.9 Å². The minimum Gasteiger partial charge on any atom is -0.438 e. The number of hydrogen-bond acceptors (Lipinski definition) is 5. The molecule has 0 amide bonds. The largest absolute Gasteiger partial charge is 0.438 e. The zero-order chi connectivity index (χ0) is 21.9. The lowest BCUT2D eigenvalue weighted by Gasteiger charge is -2.10. The van der Waals surface area contributed by atoms with E-state index in [9.17, 15) is 4.39 Å². The molecule has 0 atom stereocenters. The van der Waals surface area contributed by atoms with E-state index >= 15 is 0 Å². The Morgan fingerprint density at radius 1 is 1.00 bits per heavy atom. The average Bonchev–Trinajstić information content (AvgIpc) is 3.37. The number of nitrogens with zero attached hydrogens (tertiary/aromatic N) is 4. The van der Waals surface area contributed by atoms with Crippen molar-refractivity contribution in [3.63, 3.8) is 0 Å². The van der Waals surface area contributed by atoms with Crippen molar-refractivity contribution >= 4 is 23.2 Å². The number of anilines is 1. The first-order valence-corrected chi connectivity index (χ1v) is 10.00. The molecule has 2 N–H and O–H groups in total. The Morgan fingerprint density at radius 2 is 1.75 bits per heavy atom. The zero-order valence-electron chi connectivity index (χ0n) is 17.2. The van der Waals surface area contributed by atoms with E-state index in [1.165, 1.54) is 12.1 Å². The molecule has 0 aliphatic carbocycles. The van der Waals surface area contributed by atoms with Gasteiger partial charge < -0.3 is 9.72 Å². The molecule has 2 heterocycles. The molecule has 32 heavy (non-hydrogen) atoms. The molecule has 0 aliphatic heterocycles. The fraction of sp³-hybridized carbons (Fsp3) is 0.0417. The van der Waals surface area contributed by atoms with Crippen LogP contribution in [0.15, 0.2) is 84.0 Å². The van der Waals surface area contributed by atoms with Crippen LogP contribution in [0.4, 0.5) is 10.3 Å². The molecule has 0 saturated carbocycles. The summed E-state index contributed by atoms with van der Waals surface area (Å²) in [7, 11) is 0. The maximum Gasteiger partial charge on any atom is 0.231 e. The first kappa shape index (κ1) is 19.5. The topological polar surface area (TPSA) is 80.1 Å². The molecule has 5 aromatic rings. The molecule has 0 unspecified atom stereocenters. The number of fused-ring (bicyclic) bond motifs is 1. The summed E-state index contributed by atoms with van der Waals surface area (Å²) in [5, 5.41) is 8.96. The Kier molecular flexibility index (Phi) is 5.09. The SMILES string of the molecule is Cc1nn(-c2ccccc2)c(Oc2ccc(F)cc2)c1C=NNc1nc2ccccc2[nH]1. The second kappa shape index (κ2) is 8.35. The van der Waals surface area contributed by atoms with Crippen LogP contribution in [-0.4, -0.2) is 26.0 Å². The monoisotopic (exact) mass is 426 g/mol. The first-order valence-electron chi connectivity index (χ1n) is 10.00. The molecule has 0 aliphatic rings. The number of benzene rings is 3. The molecule has 7 nitrogen and oxygen atoms in total. The minimum atomic E-state index is -0.332. The van der Waals surface area contributed by atoms with E-state index in [1.807, 2.05) is 61.5 Å². The van der Waals surface area contributed by atoms with Gasteiger partial charge in [0, 0.05) is 0 Å². The lowest BCUT2D eigenvalue weighted by Crippen LogP contribution is -2.01. The van der Waals surface area contributed by atoms with Crippen LogP contribution in [0.2, 0.25) is 0 Å². The highest BCUT2D eigenvalue weighted by molar-refractivity contribution is 5.85. The number of aromatic nitrogens is 4. The van der Waals surface area contributed by atoms with Crippen LogP contribution in [0.3, 0.4) is 0 Å². The van der Waals surface area contributed by atoms with Crippen LogP contribution in [0.1, 0.15) is 11.3 Å². The van der Waals surface area contributed by atoms with Gasteiger partial charge >= 0.3 is 0 Å². The van der Waals surface area contributed by atoms with Crippen molar-refractivity contribution in [3.05, 3.63) is 95.9 Å². The second-order valence-electron chi connectivity index (χ2n) is 7.08. The molecule has 8 heteroatoms. The fourth-order valence-electron chi connectivity index (χ4n) is 3.29. The van der Waals surface area contributed by atoms with E-state index in [1.54, 1.807) is 23.0 Å². The molecule has 0 saturated heterocycles. The molecule has 0 spiro atoms. The summed E-state index contributed by atoms with van der Waals surface area (Å²) in [6.07, 6.45) is 1.63. The van der Waals surface area contributed by atoms with Crippen molar-refractivity contribution in [2.75, 3.05) is 5.43 Å². The number of rotatable bonds is 6. The number of para-hydroxylation sites is 3. The summed E-state index contributed by atoms with van der Waals surface area (Å²) >= 11 is 0. The number of hydrogen-bond donors (Lipinski definition) is 2. The Balaban J connectivity index is 1.49. The molecule has 0 radical (unpaired) electrons. The van der Waals surface area contributed by atoms with Crippen molar-refractivity contribution in [1.82, 2.24) is 19.7 Å². The highest BCUT2D eigenvalue weighted by Gasteiger charge is 2.18. The Morgan fingerprint density at radius 3 is 2.53 bits per heavy atom. The van der Waals surface area contributed by atoms with Crippen LogP contribution >= 0.6 is 0 Å². The quantitative estimate of drug-likeness (QED) is 0.280. The normalized spacial score (nSPS) is 11.3. The van der Waals surface area contributed by atoms with E-state index < -0.39 is 0 Å². The number of hydrazone groups is 1. The van der Waals surface area contributed by atoms with Gasteiger partial charge in [-0.15, -0.1) is 0 Å².